The maximum atomic E-state index is 14.3. The molecule has 28 heavy (non-hydrogen) atoms. The van der Waals surface area contributed by atoms with Crippen molar-refractivity contribution >= 4 is 23.2 Å². The second kappa shape index (κ2) is 9.18. The van der Waals surface area contributed by atoms with E-state index in [0.717, 1.165) is 19.4 Å². The number of carbonyl (C=O) groups is 2. The van der Waals surface area contributed by atoms with Crippen molar-refractivity contribution in [2.24, 2.45) is 5.73 Å². The Kier molecular flexibility index (Phi) is 6.44. The number of benzene rings is 2. The van der Waals surface area contributed by atoms with Crippen molar-refractivity contribution in [2.75, 3.05) is 30.4 Å². The zero-order valence-corrected chi connectivity index (χ0v) is 15.2. The quantitative estimate of drug-likeness (QED) is 0.646. The number of ether oxygens (including phenoxy) is 2. The molecule has 2 amide bonds. The van der Waals surface area contributed by atoms with Crippen LogP contribution in [0.25, 0.3) is 0 Å². The molecule has 0 radical (unpaired) electrons. The second-order valence-corrected chi connectivity index (χ2v) is 6.42. The van der Waals surface area contributed by atoms with E-state index >= 15 is 0 Å². The van der Waals surface area contributed by atoms with Crippen LogP contribution in [0.1, 0.15) is 23.2 Å². The molecule has 1 unspecified atom stereocenters. The third kappa shape index (κ3) is 5.20. The van der Waals surface area contributed by atoms with Crippen molar-refractivity contribution in [3.63, 3.8) is 0 Å². The topological polar surface area (TPSA) is 103 Å². The number of hydrogen-bond acceptors (Lipinski definition) is 5. The smallest absolute Gasteiger partial charge is 0.259 e. The van der Waals surface area contributed by atoms with Gasteiger partial charge in [0.05, 0.1) is 17.4 Å². The van der Waals surface area contributed by atoms with Crippen LogP contribution < -0.4 is 21.1 Å². The van der Waals surface area contributed by atoms with Crippen LogP contribution in [0.2, 0.25) is 0 Å². The fourth-order valence-corrected chi connectivity index (χ4v) is 2.89. The van der Waals surface area contributed by atoms with Gasteiger partial charge in [-0.15, -0.1) is 0 Å². The molecule has 7 nitrogen and oxygen atoms in total. The third-order valence-electron chi connectivity index (χ3n) is 4.27. The molecule has 0 aromatic heterocycles. The zero-order chi connectivity index (χ0) is 19.9. The Morgan fingerprint density at radius 1 is 1.25 bits per heavy atom. The Labute approximate surface area is 162 Å². The summed E-state index contributed by atoms with van der Waals surface area (Å²) in [4.78, 5) is 23.4. The van der Waals surface area contributed by atoms with Crippen molar-refractivity contribution in [3.8, 4) is 5.75 Å². The summed E-state index contributed by atoms with van der Waals surface area (Å²) in [5, 5.41) is 5.65. The van der Waals surface area contributed by atoms with Crippen molar-refractivity contribution in [3.05, 3.63) is 53.8 Å². The molecule has 0 aliphatic carbocycles. The number of nitrogens with two attached hydrogens (primary N) is 1. The van der Waals surface area contributed by atoms with Crippen LogP contribution in [0.15, 0.2) is 42.5 Å². The highest BCUT2D eigenvalue weighted by molar-refractivity contribution is 6.06. The minimum Gasteiger partial charge on any atom is -0.483 e. The summed E-state index contributed by atoms with van der Waals surface area (Å²) in [7, 11) is 0. The zero-order valence-electron chi connectivity index (χ0n) is 15.2. The van der Waals surface area contributed by atoms with Crippen LogP contribution in [0.4, 0.5) is 15.8 Å². The highest BCUT2D eigenvalue weighted by Gasteiger charge is 2.17. The van der Waals surface area contributed by atoms with Gasteiger partial charge in [-0.05, 0) is 43.2 Å². The van der Waals surface area contributed by atoms with E-state index in [1.807, 2.05) is 0 Å². The lowest BCUT2D eigenvalue weighted by atomic mass is 10.1. The standard InChI is InChI=1S/C20H22FN3O4/c21-16-10-13(7-8-17(16)23-11-14-4-3-9-27-14)24-20(26)15-5-1-2-6-18(15)28-12-19(22)25/h1-2,5-8,10,14,23H,3-4,9,11-12H2,(H2,22,25)(H,24,26). The Morgan fingerprint density at radius 2 is 2.07 bits per heavy atom. The SMILES string of the molecule is NC(=O)COc1ccccc1C(=O)Nc1ccc(NCC2CCCO2)c(F)c1. The fraction of sp³-hybridized carbons (Fsp3) is 0.300. The first-order valence-corrected chi connectivity index (χ1v) is 8.99. The molecule has 1 aliphatic rings. The van der Waals surface area contributed by atoms with E-state index < -0.39 is 17.6 Å². The van der Waals surface area contributed by atoms with Gasteiger partial charge in [0, 0.05) is 18.8 Å². The molecule has 1 atom stereocenters. The molecular weight excluding hydrogens is 365 g/mol. The maximum absolute atomic E-state index is 14.3. The molecule has 2 aromatic carbocycles. The van der Waals surface area contributed by atoms with Crippen molar-refractivity contribution in [2.45, 2.75) is 18.9 Å². The highest BCUT2D eigenvalue weighted by Crippen LogP contribution is 2.23. The minimum atomic E-state index is -0.650. The number of amides is 2. The molecule has 0 bridgehead atoms. The van der Waals surface area contributed by atoms with Gasteiger partial charge in [-0.25, -0.2) is 4.39 Å². The molecule has 1 aliphatic heterocycles. The minimum absolute atomic E-state index is 0.0932. The summed E-state index contributed by atoms with van der Waals surface area (Å²) in [6.07, 6.45) is 2.07. The van der Waals surface area contributed by atoms with Gasteiger partial charge >= 0.3 is 0 Å². The largest absolute Gasteiger partial charge is 0.483 e. The monoisotopic (exact) mass is 387 g/mol. The predicted molar refractivity (Wildman–Crippen MR) is 103 cm³/mol. The number of para-hydroxylation sites is 1. The molecule has 0 spiro atoms. The Hall–Kier alpha value is -3.13. The number of carbonyl (C=O) groups excluding carboxylic acids is 2. The second-order valence-electron chi connectivity index (χ2n) is 6.42. The van der Waals surface area contributed by atoms with Crippen LogP contribution in [0.3, 0.4) is 0 Å². The maximum Gasteiger partial charge on any atom is 0.259 e. The van der Waals surface area contributed by atoms with Gasteiger partial charge < -0.3 is 25.8 Å². The van der Waals surface area contributed by atoms with Crippen LogP contribution in [0.5, 0.6) is 5.75 Å². The molecule has 3 rings (SSSR count). The van der Waals surface area contributed by atoms with Gasteiger partial charge in [0.25, 0.3) is 11.8 Å². The lowest BCUT2D eigenvalue weighted by molar-refractivity contribution is -0.119. The molecule has 1 fully saturated rings. The van der Waals surface area contributed by atoms with Gasteiger partial charge in [0.15, 0.2) is 6.61 Å². The van der Waals surface area contributed by atoms with Crippen LogP contribution in [-0.4, -0.2) is 37.7 Å². The first kappa shape index (κ1) is 19.6. The van der Waals surface area contributed by atoms with Gasteiger partial charge in [0.2, 0.25) is 0 Å². The van der Waals surface area contributed by atoms with E-state index in [-0.39, 0.29) is 24.0 Å². The van der Waals surface area contributed by atoms with Gasteiger partial charge in [-0.3, -0.25) is 9.59 Å². The number of anilines is 2. The Bertz CT molecular complexity index is 853. The molecular formula is C20H22FN3O4. The fourth-order valence-electron chi connectivity index (χ4n) is 2.89. The highest BCUT2D eigenvalue weighted by atomic mass is 19.1. The predicted octanol–water partition coefficient (Wildman–Crippen LogP) is 2.53. The average Bonchev–Trinajstić information content (AvgIpc) is 3.19. The Morgan fingerprint density at radius 3 is 2.79 bits per heavy atom. The van der Waals surface area contributed by atoms with Gasteiger partial charge in [-0.2, -0.15) is 0 Å². The molecule has 2 aromatic rings. The van der Waals surface area contributed by atoms with Crippen LogP contribution in [0, 0.1) is 5.82 Å². The third-order valence-corrected chi connectivity index (χ3v) is 4.27. The van der Waals surface area contributed by atoms with Crippen LogP contribution in [-0.2, 0) is 9.53 Å². The van der Waals surface area contributed by atoms with Gasteiger partial charge in [0.1, 0.15) is 11.6 Å². The number of halogens is 1. The molecule has 1 heterocycles. The first-order valence-electron chi connectivity index (χ1n) is 8.99. The number of hydrogen-bond donors (Lipinski definition) is 3. The number of rotatable bonds is 8. The number of nitrogens with one attached hydrogen (secondary N) is 2. The normalized spacial score (nSPS) is 15.8. The lowest BCUT2D eigenvalue weighted by Crippen LogP contribution is -2.21. The summed E-state index contributed by atoms with van der Waals surface area (Å²) in [6.45, 7) is 0.932. The average molecular weight is 387 g/mol. The number of primary amides is 1. The summed E-state index contributed by atoms with van der Waals surface area (Å²) < 4.78 is 25.1. The molecule has 0 saturated carbocycles. The lowest BCUT2D eigenvalue weighted by Gasteiger charge is -2.14. The first-order chi connectivity index (χ1) is 13.5. The summed E-state index contributed by atoms with van der Waals surface area (Å²) in [6, 6.07) is 10.8. The summed E-state index contributed by atoms with van der Waals surface area (Å²) in [5.74, 6) is -1.40. The molecule has 148 valence electrons. The van der Waals surface area contributed by atoms with E-state index in [0.29, 0.717) is 17.9 Å². The van der Waals surface area contributed by atoms with Crippen molar-refractivity contribution in [1.82, 2.24) is 0 Å². The van der Waals surface area contributed by atoms with E-state index in [2.05, 4.69) is 10.6 Å². The molecule has 4 N–H and O–H groups in total. The Balaban J connectivity index is 1.64. The van der Waals surface area contributed by atoms with Crippen molar-refractivity contribution in [1.29, 1.82) is 0 Å². The summed E-state index contributed by atoms with van der Waals surface area (Å²) >= 11 is 0. The van der Waals surface area contributed by atoms with Crippen molar-refractivity contribution < 1.29 is 23.5 Å². The molecule has 8 heteroatoms. The van der Waals surface area contributed by atoms with E-state index in [4.69, 9.17) is 15.2 Å². The summed E-state index contributed by atoms with van der Waals surface area (Å²) in [5.41, 5.74) is 5.92. The van der Waals surface area contributed by atoms with E-state index in [1.54, 1.807) is 36.4 Å². The van der Waals surface area contributed by atoms with E-state index in [9.17, 15) is 14.0 Å². The van der Waals surface area contributed by atoms with E-state index in [1.165, 1.54) is 6.07 Å². The van der Waals surface area contributed by atoms with Gasteiger partial charge in [-0.1, -0.05) is 12.1 Å². The van der Waals surface area contributed by atoms with Crippen LogP contribution >= 0.6 is 0 Å². The molecule has 1 saturated heterocycles.